The summed E-state index contributed by atoms with van der Waals surface area (Å²) in [4.78, 5) is 0. The summed E-state index contributed by atoms with van der Waals surface area (Å²) in [5, 5.41) is 0. The monoisotopic (exact) mass is 198 g/mol. The zero-order valence-corrected chi connectivity index (χ0v) is 7.51. The minimum absolute atomic E-state index is 0.0831. The first kappa shape index (κ1) is 9.88. The van der Waals surface area contributed by atoms with E-state index in [1.165, 1.54) is 0 Å². The topological polar surface area (TPSA) is 52.6 Å². The molecule has 0 radical (unpaired) electrons. The van der Waals surface area contributed by atoms with Crippen LogP contribution in [0.5, 0.6) is 0 Å². The van der Waals surface area contributed by atoms with Crippen molar-refractivity contribution < 1.29 is 21.7 Å². The van der Waals surface area contributed by atoms with Gasteiger partial charge in [-0.15, -0.1) is 0 Å². The van der Waals surface area contributed by atoms with Gasteiger partial charge in [0.25, 0.3) is 10.1 Å². The Morgan fingerprint density at radius 2 is 2.25 bits per heavy atom. The number of rotatable bonds is 2. The van der Waals surface area contributed by atoms with Crippen LogP contribution in [0.2, 0.25) is 0 Å². The van der Waals surface area contributed by atoms with Gasteiger partial charge in [0.05, 0.1) is 12.9 Å². The molecule has 6 heteroatoms. The zero-order chi connectivity index (χ0) is 9.19. The fourth-order valence-corrected chi connectivity index (χ4v) is 1.68. The second-order valence-corrected chi connectivity index (χ2v) is 4.32. The normalized spacial score (nSPS) is 31.8. The summed E-state index contributed by atoms with van der Waals surface area (Å²) in [7, 11) is -3.55. The first-order chi connectivity index (χ1) is 5.49. The van der Waals surface area contributed by atoms with E-state index in [1.807, 2.05) is 0 Å². The van der Waals surface area contributed by atoms with Crippen LogP contribution >= 0.6 is 0 Å². The third kappa shape index (κ3) is 3.04. The van der Waals surface area contributed by atoms with Crippen molar-refractivity contribution in [1.82, 2.24) is 0 Å². The number of alkyl halides is 1. The minimum Gasteiger partial charge on any atom is -0.378 e. The SMILES string of the molecule is CS(=O)(=O)O[C@H]1CCOC[C@H]1F. The van der Waals surface area contributed by atoms with Gasteiger partial charge in [-0.3, -0.25) is 4.18 Å². The summed E-state index contributed by atoms with van der Waals surface area (Å²) in [5.41, 5.74) is 0. The summed E-state index contributed by atoms with van der Waals surface area (Å²) in [6, 6.07) is 0. The van der Waals surface area contributed by atoms with Crippen LogP contribution in [0.15, 0.2) is 0 Å². The van der Waals surface area contributed by atoms with Crippen LogP contribution in [0.25, 0.3) is 0 Å². The van der Waals surface area contributed by atoms with E-state index in [4.69, 9.17) is 4.74 Å². The maximum atomic E-state index is 12.9. The Morgan fingerprint density at radius 1 is 1.58 bits per heavy atom. The molecule has 12 heavy (non-hydrogen) atoms. The van der Waals surface area contributed by atoms with Crippen LogP contribution in [0.4, 0.5) is 4.39 Å². The van der Waals surface area contributed by atoms with E-state index in [0.717, 1.165) is 6.26 Å². The third-order valence-corrected chi connectivity index (χ3v) is 2.12. The van der Waals surface area contributed by atoms with E-state index in [1.54, 1.807) is 0 Å². The van der Waals surface area contributed by atoms with Gasteiger partial charge in [0, 0.05) is 13.0 Å². The van der Waals surface area contributed by atoms with Gasteiger partial charge in [-0.25, -0.2) is 4.39 Å². The Bertz CT molecular complexity index is 238. The molecule has 1 saturated heterocycles. The molecule has 0 amide bonds. The number of hydrogen-bond acceptors (Lipinski definition) is 4. The lowest BCUT2D eigenvalue weighted by Gasteiger charge is -2.24. The predicted octanol–water partition coefficient (Wildman–Crippen LogP) is 0.0896. The van der Waals surface area contributed by atoms with Crippen molar-refractivity contribution in [2.75, 3.05) is 19.5 Å². The molecule has 0 aromatic heterocycles. The molecule has 0 aromatic rings. The van der Waals surface area contributed by atoms with Gasteiger partial charge in [0.1, 0.15) is 6.10 Å². The van der Waals surface area contributed by atoms with Crippen molar-refractivity contribution in [3.8, 4) is 0 Å². The lowest BCUT2D eigenvalue weighted by molar-refractivity contribution is -0.0355. The van der Waals surface area contributed by atoms with Crippen LogP contribution in [0, 0.1) is 0 Å². The van der Waals surface area contributed by atoms with Crippen LogP contribution in [-0.4, -0.2) is 40.2 Å². The van der Waals surface area contributed by atoms with E-state index in [9.17, 15) is 12.8 Å². The molecule has 72 valence electrons. The highest BCUT2D eigenvalue weighted by Crippen LogP contribution is 2.16. The Kier molecular flexibility index (Phi) is 3.03. The molecule has 0 unspecified atom stereocenters. The Balaban J connectivity index is 2.50. The van der Waals surface area contributed by atoms with E-state index in [0.29, 0.717) is 6.61 Å². The molecular weight excluding hydrogens is 187 g/mol. The highest BCUT2D eigenvalue weighted by atomic mass is 32.2. The Labute approximate surface area is 70.8 Å². The van der Waals surface area contributed by atoms with Crippen LogP contribution in [0.1, 0.15) is 6.42 Å². The summed E-state index contributed by atoms with van der Waals surface area (Å²) in [5.74, 6) is 0. The fourth-order valence-electron chi connectivity index (χ4n) is 1.02. The van der Waals surface area contributed by atoms with Crippen molar-refractivity contribution in [2.45, 2.75) is 18.7 Å². The smallest absolute Gasteiger partial charge is 0.264 e. The summed E-state index contributed by atoms with van der Waals surface area (Å²) < 4.78 is 43.4. The molecule has 1 rings (SSSR count). The predicted molar refractivity (Wildman–Crippen MR) is 40.0 cm³/mol. The molecule has 4 nitrogen and oxygen atoms in total. The molecule has 0 aromatic carbocycles. The van der Waals surface area contributed by atoms with Crippen molar-refractivity contribution in [2.24, 2.45) is 0 Å². The average Bonchev–Trinajstić information content (AvgIpc) is 1.91. The molecule has 2 atom stereocenters. The molecular formula is C6H11FO4S. The first-order valence-corrected chi connectivity index (χ1v) is 5.41. The number of hydrogen-bond donors (Lipinski definition) is 0. The average molecular weight is 198 g/mol. The standard InChI is InChI=1S/C6H11FO4S/c1-12(8,9)11-6-2-3-10-4-5(6)7/h5-6H,2-4H2,1H3/t5-,6+/m1/s1. The van der Waals surface area contributed by atoms with E-state index < -0.39 is 22.4 Å². The lowest BCUT2D eigenvalue weighted by Crippen LogP contribution is -2.36. The lowest BCUT2D eigenvalue weighted by atomic mass is 10.1. The molecule has 1 aliphatic rings. The molecule has 0 bridgehead atoms. The van der Waals surface area contributed by atoms with Gasteiger partial charge >= 0.3 is 0 Å². The van der Waals surface area contributed by atoms with E-state index in [-0.39, 0.29) is 13.0 Å². The summed E-state index contributed by atoms with van der Waals surface area (Å²) >= 11 is 0. The van der Waals surface area contributed by atoms with Crippen LogP contribution in [-0.2, 0) is 19.0 Å². The molecule has 1 heterocycles. The molecule has 0 N–H and O–H groups in total. The molecule has 1 aliphatic heterocycles. The van der Waals surface area contributed by atoms with Gasteiger partial charge in [-0.2, -0.15) is 8.42 Å². The molecule has 1 fully saturated rings. The third-order valence-electron chi connectivity index (χ3n) is 1.53. The molecule has 0 spiro atoms. The van der Waals surface area contributed by atoms with Crippen LogP contribution < -0.4 is 0 Å². The maximum absolute atomic E-state index is 12.9. The molecule has 0 aliphatic carbocycles. The fraction of sp³-hybridized carbons (Fsp3) is 1.00. The minimum atomic E-state index is -3.55. The molecule has 0 saturated carbocycles. The van der Waals surface area contributed by atoms with Crippen LogP contribution in [0.3, 0.4) is 0 Å². The van der Waals surface area contributed by atoms with Gasteiger partial charge < -0.3 is 4.74 Å². The second kappa shape index (κ2) is 3.68. The van der Waals surface area contributed by atoms with Crippen molar-refractivity contribution in [3.63, 3.8) is 0 Å². The highest BCUT2D eigenvalue weighted by molar-refractivity contribution is 7.86. The van der Waals surface area contributed by atoms with Gasteiger partial charge in [-0.05, 0) is 0 Å². The highest BCUT2D eigenvalue weighted by Gasteiger charge is 2.29. The van der Waals surface area contributed by atoms with Gasteiger partial charge in [-0.1, -0.05) is 0 Å². The van der Waals surface area contributed by atoms with Crippen molar-refractivity contribution in [1.29, 1.82) is 0 Å². The van der Waals surface area contributed by atoms with Crippen molar-refractivity contribution in [3.05, 3.63) is 0 Å². The van der Waals surface area contributed by atoms with E-state index >= 15 is 0 Å². The largest absolute Gasteiger partial charge is 0.378 e. The second-order valence-electron chi connectivity index (χ2n) is 2.72. The van der Waals surface area contributed by atoms with Gasteiger partial charge in [0.15, 0.2) is 6.17 Å². The maximum Gasteiger partial charge on any atom is 0.264 e. The quantitative estimate of drug-likeness (QED) is 0.590. The number of halogens is 1. The summed E-state index contributed by atoms with van der Waals surface area (Å²) in [6.45, 7) is 0.265. The Morgan fingerprint density at radius 3 is 2.75 bits per heavy atom. The Hall–Kier alpha value is -0.200. The first-order valence-electron chi connectivity index (χ1n) is 3.59. The summed E-state index contributed by atoms with van der Waals surface area (Å²) in [6.07, 6.45) is -1.01. The van der Waals surface area contributed by atoms with E-state index in [2.05, 4.69) is 4.18 Å². The van der Waals surface area contributed by atoms with Gasteiger partial charge in [0.2, 0.25) is 0 Å². The number of ether oxygens (including phenoxy) is 1. The van der Waals surface area contributed by atoms with Crippen molar-refractivity contribution >= 4 is 10.1 Å². The zero-order valence-electron chi connectivity index (χ0n) is 6.70.